The fraction of sp³-hybridized carbons (Fsp3) is 0.625. The molecule has 1 heterocycles. The highest BCUT2D eigenvalue weighted by Gasteiger charge is 2.61. The normalized spacial score (nSPS) is 36.8. The van der Waals surface area contributed by atoms with Crippen molar-refractivity contribution in [1.82, 2.24) is 4.98 Å². The van der Waals surface area contributed by atoms with E-state index in [4.69, 9.17) is 4.74 Å². The van der Waals surface area contributed by atoms with Crippen LogP contribution in [0, 0.1) is 34.5 Å². The van der Waals surface area contributed by atoms with Crippen molar-refractivity contribution in [3.05, 3.63) is 54.4 Å². The lowest BCUT2D eigenvalue weighted by molar-refractivity contribution is -0.145. The van der Waals surface area contributed by atoms with Crippen LogP contribution in [0.4, 0.5) is 5.69 Å². The molecular weight excluding hydrogens is 460 g/mol. The predicted molar refractivity (Wildman–Crippen MR) is 145 cm³/mol. The lowest BCUT2D eigenvalue weighted by Gasteiger charge is -2.60. The lowest BCUT2D eigenvalue weighted by Crippen LogP contribution is -2.55. The molecule has 6 rings (SSSR count). The molecule has 4 aliphatic rings. The van der Waals surface area contributed by atoms with Gasteiger partial charge in [-0.2, -0.15) is 0 Å². The Morgan fingerprint density at radius 2 is 1.92 bits per heavy atom. The number of benzene rings is 1. The Morgan fingerprint density at radius 1 is 1.05 bits per heavy atom. The van der Waals surface area contributed by atoms with E-state index in [1.165, 1.54) is 24.8 Å². The van der Waals surface area contributed by atoms with Crippen LogP contribution in [0.2, 0.25) is 0 Å². The molecule has 5 heteroatoms. The van der Waals surface area contributed by atoms with Gasteiger partial charge in [-0.25, -0.2) is 0 Å². The molecule has 7 atom stereocenters. The molecule has 4 fully saturated rings. The molecule has 1 aromatic carbocycles. The number of nitrogens with one attached hydrogen (secondary N) is 1. The van der Waals surface area contributed by atoms with Crippen molar-refractivity contribution >= 4 is 11.5 Å². The minimum absolute atomic E-state index is 0.00460. The fourth-order valence-corrected chi connectivity index (χ4v) is 9.08. The van der Waals surface area contributed by atoms with E-state index >= 15 is 0 Å². The summed E-state index contributed by atoms with van der Waals surface area (Å²) in [6.07, 6.45) is 13.8. The Labute approximate surface area is 221 Å². The van der Waals surface area contributed by atoms with E-state index in [9.17, 15) is 9.90 Å². The first-order valence-corrected chi connectivity index (χ1v) is 14.5. The summed E-state index contributed by atoms with van der Waals surface area (Å²) >= 11 is 0. The van der Waals surface area contributed by atoms with Gasteiger partial charge >= 0.3 is 0 Å². The third-order valence-electron chi connectivity index (χ3n) is 11.1. The van der Waals surface area contributed by atoms with Gasteiger partial charge in [0.1, 0.15) is 11.5 Å². The first-order valence-electron chi connectivity index (χ1n) is 14.5. The number of ketones is 1. The fourth-order valence-electron chi connectivity index (χ4n) is 9.08. The number of nitrogens with zero attached hydrogens (tertiary/aromatic N) is 1. The molecule has 0 radical (unpaired) electrons. The highest BCUT2D eigenvalue weighted by Crippen LogP contribution is 2.66. The van der Waals surface area contributed by atoms with E-state index in [2.05, 4.69) is 35.4 Å². The molecule has 0 aliphatic heterocycles. The number of aromatic nitrogens is 1. The molecule has 2 aromatic rings. The summed E-state index contributed by atoms with van der Waals surface area (Å²) in [5.74, 6) is 3.98. The molecular formula is C32H42N2O3. The van der Waals surface area contributed by atoms with Crippen LogP contribution in [0.5, 0.6) is 5.75 Å². The molecule has 37 heavy (non-hydrogen) atoms. The summed E-state index contributed by atoms with van der Waals surface area (Å²) in [6.45, 7) is 3.89. The van der Waals surface area contributed by atoms with Crippen molar-refractivity contribution in [3.8, 4) is 5.75 Å². The zero-order valence-corrected chi connectivity index (χ0v) is 22.2. The maximum absolute atomic E-state index is 12.2. The van der Waals surface area contributed by atoms with Crippen molar-refractivity contribution in [1.29, 1.82) is 0 Å². The van der Waals surface area contributed by atoms with Crippen molar-refractivity contribution in [3.63, 3.8) is 0 Å². The first-order chi connectivity index (χ1) is 18.0. The van der Waals surface area contributed by atoms with Gasteiger partial charge in [0.25, 0.3) is 0 Å². The average Bonchev–Trinajstić information content (AvgIpc) is 3.25. The molecule has 1 aromatic heterocycles. The second kappa shape index (κ2) is 10.1. The molecule has 2 N–H and O–H groups in total. The minimum Gasteiger partial charge on any atom is -0.494 e. The summed E-state index contributed by atoms with van der Waals surface area (Å²) < 4.78 is 6.32. The van der Waals surface area contributed by atoms with Crippen LogP contribution in [0.25, 0.3) is 0 Å². The number of carbonyl (C=O) groups is 1. The molecule has 198 valence electrons. The second-order valence-electron chi connectivity index (χ2n) is 12.6. The number of hydrogen-bond acceptors (Lipinski definition) is 5. The van der Waals surface area contributed by atoms with E-state index in [1.54, 1.807) is 12.4 Å². The van der Waals surface area contributed by atoms with E-state index in [-0.39, 0.29) is 11.5 Å². The van der Waals surface area contributed by atoms with Gasteiger partial charge in [0, 0.05) is 42.9 Å². The van der Waals surface area contributed by atoms with E-state index in [1.807, 2.05) is 18.2 Å². The van der Waals surface area contributed by atoms with Crippen molar-refractivity contribution in [2.24, 2.45) is 34.5 Å². The predicted octanol–water partition coefficient (Wildman–Crippen LogP) is 6.42. The SMILES string of the molecule is C[C@]12CCC(=O)CC1CCC1C2CC[C@]2(CCOc3cccc(CNc4ccncc4)c3)C(O)CCC12. The number of rotatable bonds is 7. The Morgan fingerprint density at radius 3 is 2.78 bits per heavy atom. The lowest BCUT2D eigenvalue weighted by atomic mass is 9.44. The molecule has 4 saturated carbocycles. The van der Waals surface area contributed by atoms with Crippen LogP contribution in [0.1, 0.15) is 76.7 Å². The summed E-state index contributed by atoms with van der Waals surface area (Å²) in [7, 11) is 0. The summed E-state index contributed by atoms with van der Waals surface area (Å²) in [4.78, 5) is 16.3. The summed E-state index contributed by atoms with van der Waals surface area (Å²) in [5.41, 5.74) is 2.55. The standard InChI is InChI=1S/C32H42N2O3/c1-31-13-9-25(35)20-23(31)5-6-27-28(31)10-14-32(29(27)7-8-30(32)36)15-18-37-26-4-2-3-22(19-26)21-34-24-11-16-33-17-12-24/h2-4,11-12,16-17,19,23,27-30,36H,5-10,13-15,18,20-21H2,1H3,(H,33,34)/t23?,27?,28?,29?,30?,31-,32+/m0/s1. The van der Waals surface area contributed by atoms with Crippen LogP contribution < -0.4 is 10.1 Å². The van der Waals surface area contributed by atoms with Crippen molar-refractivity contribution < 1.29 is 14.6 Å². The van der Waals surface area contributed by atoms with Gasteiger partial charge in [-0.3, -0.25) is 9.78 Å². The van der Waals surface area contributed by atoms with Crippen LogP contribution in [-0.2, 0) is 11.3 Å². The third kappa shape index (κ3) is 4.58. The van der Waals surface area contributed by atoms with E-state index in [0.717, 1.165) is 62.9 Å². The number of hydrogen-bond donors (Lipinski definition) is 2. The third-order valence-corrected chi connectivity index (χ3v) is 11.1. The Kier molecular flexibility index (Phi) is 6.77. The molecule has 0 bridgehead atoms. The molecule has 4 aliphatic carbocycles. The number of pyridine rings is 1. The van der Waals surface area contributed by atoms with Crippen LogP contribution >= 0.6 is 0 Å². The topological polar surface area (TPSA) is 71.5 Å². The highest BCUT2D eigenvalue weighted by atomic mass is 16.5. The zero-order valence-electron chi connectivity index (χ0n) is 22.2. The van der Waals surface area contributed by atoms with Crippen LogP contribution in [0.15, 0.2) is 48.8 Å². The maximum atomic E-state index is 12.2. The average molecular weight is 503 g/mol. The minimum atomic E-state index is -0.212. The first kappa shape index (κ1) is 24.9. The van der Waals surface area contributed by atoms with Crippen LogP contribution in [0.3, 0.4) is 0 Å². The molecule has 0 spiro atoms. The Hall–Kier alpha value is -2.40. The van der Waals surface area contributed by atoms with Gasteiger partial charge in [0.2, 0.25) is 0 Å². The molecule has 0 saturated heterocycles. The monoisotopic (exact) mass is 502 g/mol. The highest BCUT2D eigenvalue weighted by molar-refractivity contribution is 5.79. The quantitative estimate of drug-likeness (QED) is 0.457. The van der Waals surface area contributed by atoms with Gasteiger partial charge in [-0.05, 0) is 110 Å². The van der Waals surface area contributed by atoms with E-state index in [0.29, 0.717) is 41.5 Å². The van der Waals surface area contributed by atoms with Gasteiger partial charge in [-0.1, -0.05) is 19.1 Å². The number of aliphatic hydroxyl groups is 1. The zero-order chi connectivity index (χ0) is 25.5. The summed E-state index contributed by atoms with van der Waals surface area (Å²) in [5, 5.41) is 14.7. The maximum Gasteiger partial charge on any atom is 0.133 e. The number of anilines is 1. The molecule has 5 nitrogen and oxygen atoms in total. The van der Waals surface area contributed by atoms with Gasteiger partial charge in [0.05, 0.1) is 12.7 Å². The largest absolute Gasteiger partial charge is 0.494 e. The Balaban J connectivity index is 1.10. The smallest absolute Gasteiger partial charge is 0.133 e. The van der Waals surface area contributed by atoms with E-state index < -0.39 is 0 Å². The second-order valence-corrected chi connectivity index (χ2v) is 12.6. The number of fused-ring (bicyclic) bond motifs is 5. The van der Waals surface area contributed by atoms with Gasteiger partial charge < -0.3 is 15.2 Å². The summed E-state index contributed by atoms with van der Waals surface area (Å²) in [6, 6.07) is 12.3. The van der Waals surface area contributed by atoms with Crippen molar-refractivity contribution in [2.75, 3.05) is 11.9 Å². The van der Waals surface area contributed by atoms with Crippen LogP contribution in [-0.4, -0.2) is 28.6 Å². The molecule has 0 amide bonds. The van der Waals surface area contributed by atoms with Gasteiger partial charge in [0.15, 0.2) is 0 Å². The Bertz CT molecular complexity index is 1110. The molecule has 5 unspecified atom stereocenters. The van der Waals surface area contributed by atoms with Crippen molar-refractivity contribution in [2.45, 2.75) is 83.8 Å². The van der Waals surface area contributed by atoms with Gasteiger partial charge in [-0.15, -0.1) is 0 Å². The number of Topliss-reactive ketones (excluding diaryl/α,β-unsaturated/α-hetero) is 1. The number of ether oxygens (including phenoxy) is 1. The number of aliphatic hydroxyl groups excluding tert-OH is 1. The number of carbonyl (C=O) groups excluding carboxylic acids is 1.